The van der Waals surface area contributed by atoms with E-state index in [2.05, 4.69) is 30.2 Å². The molecule has 0 amide bonds. The van der Waals surface area contributed by atoms with Gasteiger partial charge in [0.15, 0.2) is 21.3 Å². The average molecular weight is 543 g/mol. The number of aromatic amines is 1. The largest absolute Gasteiger partial charge is 0.490 e. The Morgan fingerprint density at radius 1 is 1.22 bits per heavy atom. The number of hydrogen-bond donors (Lipinski definition) is 2. The molecule has 0 saturated heterocycles. The molecule has 0 radical (unpaired) electrons. The van der Waals surface area contributed by atoms with Gasteiger partial charge in [-0.15, -0.1) is 0 Å². The number of esters is 1. The molecule has 0 aliphatic carbocycles. The summed E-state index contributed by atoms with van der Waals surface area (Å²) < 4.78 is 71.3. The lowest BCUT2D eigenvalue weighted by Crippen LogP contribution is -2.31. The van der Waals surface area contributed by atoms with Crippen LogP contribution < -0.4 is 15.0 Å². The quantitative estimate of drug-likeness (QED) is 0.366. The normalized spacial score (nSPS) is 13.2. The third kappa shape index (κ3) is 7.55. The summed E-state index contributed by atoms with van der Waals surface area (Å²) in [6.45, 7) is 3.03. The van der Waals surface area contributed by atoms with Crippen LogP contribution in [0.2, 0.25) is 0 Å². The monoisotopic (exact) mass is 542 g/mol. The molecule has 0 bridgehead atoms. The highest BCUT2D eigenvalue weighted by Crippen LogP contribution is 2.33. The van der Waals surface area contributed by atoms with E-state index in [9.17, 15) is 26.4 Å². The van der Waals surface area contributed by atoms with Gasteiger partial charge in [-0.3, -0.25) is 5.10 Å². The number of benzene rings is 1. The van der Waals surface area contributed by atoms with Crippen molar-refractivity contribution in [1.82, 2.24) is 20.2 Å². The lowest BCUT2D eigenvalue weighted by Gasteiger charge is -2.22. The van der Waals surface area contributed by atoms with Crippen molar-refractivity contribution >= 4 is 38.6 Å². The molecule has 3 rings (SSSR count). The molecule has 2 N–H and O–H groups in total. The number of alkyl halides is 3. The van der Waals surface area contributed by atoms with Crippen LogP contribution in [0.4, 0.5) is 24.9 Å². The maximum absolute atomic E-state index is 12.6. The fourth-order valence-corrected chi connectivity index (χ4v) is 3.34. The summed E-state index contributed by atoms with van der Waals surface area (Å²) in [6.07, 6.45) is -3.27. The van der Waals surface area contributed by atoms with Crippen LogP contribution in [0.5, 0.6) is 11.6 Å². The van der Waals surface area contributed by atoms with Crippen LogP contribution in [0.3, 0.4) is 0 Å². The van der Waals surface area contributed by atoms with Crippen molar-refractivity contribution in [3.8, 4) is 11.6 Å². The lowest BCUT2D eigenvalue weighted by atomic mass is 10.3. The van der Waals surface area contributed by atoms with E-state index in [1.54, 1.807) is 42.3 Å². The Balaban J connectivity index is 2.03. The zero-order valence-corrected chi connectivity index (χ0v) is 21.1. The second kappa shape index (κ2) is 11.0. The summed E-state index contributed by atoms with van der Waals surface area (Å²) >= 11 is 0. The van der Waals surface area contributed by atoms with Gasteiger partial charge in [-0.1, -0.05) is 18.2 Å². The third-order valence-electron chi connectivity index (χ3n) is 4.93. The first-order valence-corrected chi connectivity index (χ1v) is 12.8. The number of ether oxygens (including phenoxy) is 2. The molecule has 3 aromatic rings. The van der Waals surface area contributed by atoms with E-state index in [0.717, 1.165) is 17.7 Å². The molecule has 15 heteroatoms. The van der Waals surface area contributed by atoms with Gasteiger partial charge >= 0.3 is 12.1 Å². The molecule has 200 valence electrons. The van der Waals surface area contributed by atoms with Gasteiger partial charge in [0.05, 0.1) is 6.04 Å². The zero-order chi connectivity index (χ0) is 27.4. The SMILES string of the molecule is CC(C)N(C)c1nc(Oc2ccccc2)c2c(NC(/C=C/S(C)(=O)=O)COC(=O)C(F)(F)F)n[nH]c2n1. The number of nitrogens with zero attached hydrogens (tertiary/aromatic N) is 4. The maximum atomic E-state index is 12.6. The predicted octanol–water partition coefficient (Wildman–Crippen LogP) is 3.43. The van der Waals surface area contributed by atoms with Crippen molar-refractivity contribution in [2.45, 2.75) is 32.1 Å². The van der Waals surface area contributed by atoms with E-state index in [1.165, 1.54) is 0 Å². The minimum absolute atomic E-state index is 0.0332. The smallest absolute Gasteiger partial charge is 0.457 e. The summed E-state index contributed by atoms with van der Waals surface area (Å²) in [6, 6.07) is 7.52. The number of fused-ring (bicyclic) bond motifs is 1. The highest BCUT2D eigenvalue weighted by atomic mass is 32.2. The molecule has 1 atom stereocenters. The van der Waals surface area contributed by atoms with Gasteiger partial charge in [-0.2, -0.15) is 28.2 Å². The predicted molar refractivity (Wildman–Crippen MR) is 130 cm³/mol. The number of carbonyl (C=O) groups excluding carboxylic acids is 1. The van der Waals surface area contributed by atoms with Crippen LogP contribution in [0, 0.1) is 0 Å². The molecule has 2 heterocycles. The van der Waals surface area contributed by atoms with Crippen LogP contribution in [-0.2, 0) is 19.4 Å². The second-order valence-corrected chi connectivity index (χ2v) is 10.2. The molecule has 1 unspecified atom stereocenters. The van der Waals surface area contributed by atoms with Crippen molar-refractivity contribution in [3.63, 3.8) is 0 Å². The number of carbonyl (C=O) groups is 1. The molecule has 11 nitrogen and oxygen atoms in total. The third-order valence-corrected chi connectivity index (χ3v) is 5.58. The minimum atomic E-state index is -5.21. The van der Waals surface area contributed by atoms with Crippen molar-refractivity contribution in [3.05, 3.63) is 41.8 Å². The Labute approximate surface area is 210 Å². The second-order valence-electron chi connectivity index (χ2n) is 8.25. The fourth-order valence-electron chi connectivity index (χ4n) is 2.86. The van der Waals surface area contributed by atoms with E-state index in [1.807, 2.05) is 13.8 Å². The molecule has 0 fully saturated rings. The minimum Gasteiger partial charge on any atom is -0.457 e. The summed E-state index contributed by atoms with van der Waals surface area (Å²) in [5, 5.41) is 10.6. The van der Waals surface area contributed by atoms with Gasteiger partial charge in [0.25, 0.3) is 0 Å². The molecular formula is C22H25F3N6O5S. The van der Waals surface area contributed by atoms with Gasteiger partial charge < -0.3 is 19.7 Å². The average Bonchev–Trinajstić information content (AvgIpc) is 3.22. The number of H-pyrrole nitrogens is 1. The number of halogens is 3. The zero-order valence-electron chi connectivity index (χ0n) is 20.3. The van der Waals surface area contributed by atoms with Crippen molar-refractivity contribution in [1.29, 1.82) is 0 Å². The first kappa shape index (κ1) is 27.7. The highest BCUT2D eigenvalue weighted by Gasteiger charge is 2.41. The number of hydrogen-bond acceptors (Lipinski definition) is 10. The van der Waals surface area contributed by atoms with Crippen LogP contribution in [0.25, 0.3) is 11.0 Å². The van der Waals surface area contributed by atoms with E-state index < -0.39 is 34.6 Å². The number of rotatable bonds is 10. The summed E-state index contributed by atoms with van der Waals surface area (Å²) in [5.41, 5.74) is 0.240. The fraction of sp³-hybridized carbons (Fsp3) is 0.364. The Morgan fingerprint density at radius 2 is 1.89 bits per heavy atom. The van der Waals surface area contributed by atoms with Crippen LogP contribution >= 0.6 is 0 Å². The topological polar surface area (TPSA) is 139 Å². The van der Waals surface area contributed by atoms with Crippen molar-refractivity contribution < 1.29 is 35.9 Å². The molecule has 0 aliphatic heterocycles. The number of anilines is 2. The standard InChI is InChI=1S/C22H25F3N6O5S/c1-13(2)31(3)21-27-18-16(19(28-21)36-15-8-6-5-7-9-15)17(29-30-18)26-14(10-11-37(4,33)34)12-35-20(32)22(23,24)25/h5-11,13-14H,12H2,1-4H3,(H2,26,27,28,29,30)/b11-10+. The lowest BCUT2D eigenvalue weighted by molar-refractivity contribution is -0.199. The molecular weight excluding hydrogens is 517 g/mol. The molecule has 1 aromatic carbocycles. The van der Waals surface area contributed by atoms with E-state index in [0.29, 0.717) is 11.7 Å². The van der Waals surface area contributed by atoms with Crippen molar-refractivity contribution in [2.75, 3.05) is 30.1 Å². The summed E-state index contributed by atoms with van der Waals surface area (Å²) in [5.74, 6) is -1.55. The molecule has 2 aromatic heterocycles. The summed E-state index contributed by atoms with van der Waals surface area (Å²) in [7, 11) is -1.86. The van der Waals surface area contributed by atoms with Gasteiger partial charge in [0, 0.05) is 24.8 Å². The number of nitrogens with one attached hydrogen (secondary N) is 2. The molecule has 0 spiro atoms. The maximum Gasteiger partial charge on any atom is 0.490 e. The van der Waals surface area contributed by atoms with Gasteiger partial charge in [0.2, 0.25) is 11.8 Å². The Morgan fingerprint density at radius 3 is 2.49 bits per heavy atom. The van der Waals surface area contributed by atoms with E-state index in [-0.39, 0.29) is 28.8 Å². The Bertz CT molecular complexity index is 1380. The van der Waals surface area contributed by atoms with E-state index in [4.69, 9.17) is 4.74 Å². The molecule has 37 heavy (non-hydrogen) atoms. The van der Waals surface area contributed by atoms with Gasteiger partial charge in [0.1, 0.15) is 17.7 Å². The molecule has 0 aliphatic rings. The van der Waals surface area contributed by atoms with Gasteiger partial charge in [-0.05, 0) is 32.1 Å². The highest BCUT2D eigenvalue weighted by molar-refractivity contribution is 7.93. The number of sulfone groups is 1. The van der Waals surface area contributed by atoms with Crippen LogP contribution in [0.1, 0.15) is 13.8 Å². The first-order valence-electron chi connectivity index (χ1n) is 10.8. The summed E-state index contributed by atoms with van der Waals surface area (Å²) in [4.78, 5) is 21.9. The first-order chi connectivity index (χ1) is 17.2. The van der Waals surface area contributed by atoms with Gasteiger partial charge in [-0.25, -0.2) is 13.2 Å². The molecule has 0 saturated carbocycles. The number of para-hydroxylation sites is 1. The van der Waals surface area contributed by atoms with Crippen LogP contribution in [-0.4, -0.2) is 72.7 Å². The van der Waals surface area contributed by atoms with Crippen LogP contribution in [0.15, 0.2) is 41.8 Å². The van der Waals surface area contributed by atoms with Crippen molar-refractivity contribution in [2.24, 2.45) is 0 Å². The number of aromatic nitrogens is 4. The Kier molecular flexibility index (Phi) is 8.25. The Hall–Kier alpha value is -3.88. The van der Waals surface area contributed by atoms with E-state index >= 15 is 0 Å².